The molecule has 0 radical (unpaired) electrons. The fourth-order valence-corrected chi connectivity index (χ4v) is 1.33. The van der Waals surface area contributed by atoms with Gasteiger partial charge in [0.15, 0.2) is 0 Å². The molecule has 0 heterocycles. The smallest absolute Gasteiger partial charge is 0.304 e. The zero-order chi connectivity index (χ0) is 10.6. The lowest BCUT2D eigenvalue weighted by Gasteiger charge is -2.12. The number of halogens is 1. The molecule has 1 aromatic rings. The summed E-state index contributed by atoms with van der Waals surface area (Å²) < 4.78 is 0. The molecular weight excluding hydrogens is 218 g/mol. The summed E-state index contributed by atoms with van der Waals surface area (Å²) >= 11 is 0. The molecule has 1 rings (SSSR count). The number of nitrogens with two attached hydrogens (primary N) is 1. The Morgan fingerprint density at radius 2 is 2.13 bits per heavy atom. The Balaban J connectivity index is 0.00000196. The van der Waals surface area contributed by atoms with E-state index in [1.54, 1.807) is 18.2 Å². The van der Waals surface area contributed by atoms with E-state index in [-0.39, 0.29) is 37.0 Å². The summed E-state index contributed by atoms with van der Waals surface area (Å²) in [5.74, 6) is -0.991. The van der Waals surface area contributed by atoms with Crippen LogP contribution >= 0.6 is 12.4 Å². The highest BCUT2D eigenvalue weighted by Gasteiger charge is 2.13. The molecule has 0 amide bonds. The van der Waals surface area contributed by atoms with E-state index in [1.165, 1.54) is 6.07 Å². The quantitative estimate of drug-likeness (QED) is 0.730. The van der Waals surface area contributed by atoms with E-state index in [1.807, 2.05) is 0 Å². The number of rotatable bonds is 4. The molecule has 0 aliphatic heterocycles. The van der Waals surface area contributed by atoms with E-state index in [9.17, 15) is 9.90 Å². The van der Waals surface area contributed by atoms with Crippen LogP contribution in [0.2, 0.25) is 0 Å². The molecule has 0 fully saturated rings. The molecule has 5 heteroatoms. The Hall–Kier alpha value is -1.26. The number of phenols is 1. The highest BCUT2D eigenvalue weighted by Crippen LogP contribution is 2.21. The molecule has 4 N–H and O–H groups in total. The normalized spacial score (nSPS) is 11.5. The number of carboxylic acids is 1. The van der Waals surface area contributed by atoms with Gasteiger partial charge < -0.3 is 15.9 Å². The second-order valence-corrected chi connectivity index (χ2v) is 3.13. The molecule has 1 unspecified atom stereocenters. The molecular formula is C10H14ClNO3. The summed E-state index contributed by atoms with van der Waals surface area (Å²) in [4.78, 5) is 10.5. The van der Waals surface area contributed by atoms with Crippen molar-refractivity contribution in [3.05, 3.63) is 29.8 Å². The van der Waals surface area contributed by atoms with Crippen LogP contribution in [0, 0.1) is 0 Å². The highest BCUT2D eigenvalue weighted by atomic mass is 35.5. The molecule has 0 spiro atoms. The Bertz CT molecular complexity index is 330. The van der Waals surface area contributed by atoms with Gasteiger partial charge in [0.2, 0.25) is 0 Å². The Kier molecular flexibility index (Phi) is 5.74. The van der Waals surface area contributed by atoms with Gasteiger partial charge in [-0.3, -0.25) is 4.79 Å². The molecule has 15 heavy (non-hydrogen) atoms. The van der Waals surface area contributed by atoms with Gasteiger partial charge in [-0.2, -0.15) is 0 Å². The minimum Gasteiger partial charge on any atom is -0.508 e. The predicted molar refractivity (Wildman–Crippen MR) is 59.4 cm³/mol. The van der Waals surface area contributed by atoms with E-state index < -0.39 is 5.97 Å². The molecule has 0 aliphatic rings. The van der Waals surface area contributed by atoms with Crippen molar-refractivity contribution in [2.75, 3.05) is 6.54 Å². The van der Waals surface area contributed by atoms with Crippen LogP contribution in [0.4, 0.5) is 0 Å². The Morgan fingerprint density at radius 1 is 1.47 bits per heavy atom. The molecule has 0 bridgehead atoms. The lowest BCUT2D eigenvalue weighted by atomic mass is 9.96. The first-order valence-electron chi connectivity index (χ1n) is 4.34. The maximum absolute atomic E-state index is 10.5. The van der Waals surface area contributed by atoms with Gasteiger partial charge in [0.25, 0.3) is 0 Å². The number of benzene rings is 1. The molecule has 0 saturated carbocycles. The van der Waals surface area contributed by atoms with Crippen molar-refractivity contribution in [2.24, 2.45) is 5.73 Å². The van der Waals surface area contributed by atoms with Crippen molar-refractivity contribution in [1.29, 1.82) is 0 Å². The first-order valence-corrected chi connectivity index (χ1v) is 4.34. The van der Waals surface area contributed by atoms with Crippen LogP contribution in [0.3, 0.4) is 0 Å². The predicted octanol–water partition coefficient (Wildman–Crippen LogP) is 1.33. The van der Waals surface area contributed by atoms with Crippen molar-refractivity contribution in [2.45, 2.75) is 12.3 Å². The van der Waals surface area contributed by atoms with Crippen molar-refractivity contribution >= 4 is 18.4 Å². The Morgan fingerprint density at radius 3 is 2.60 bits per heavy atom. The third-order valence-electron chi connectivity index (χ3n) is 2.05. The molecule has 4 nitrogen and oxygen atoms in total. The number of phenolic OH excluding ortho intramolecular Hbond substituents is 1. The SMILES string of the molecule is Cl.NCC(CC(=O)O)c1cccc(O)c1. The van der Waals surface area contributed by atoms with Crippen LogP contribution in [-0.2, 0) is 4.79 Å². The molecule has 0 saturated heterocycles. The van der Waals surface area contributed by atoms with Crippen LogP contribution in [0.15, 0.2) is 24.3 Å². The van der Waals surface area contributed by atoms with Gasteiger partial charge in [-0.05, 0) is 24.2 Å². The van der Waals surface area contributed by atoms with Gasteiger partial charge in [0, 0.05) is 5.92 Å². The van der Waals surface area contributed by atoms with Gasteiger partial charge in [0.05, 0.1) is 6.42 Å². The minimum atomic E-state index is -0.885. The fourth-order valence-electron chi connectivity index (χ4n) is 1.33. The lowest BCUT2D eigenvalue weighted by molar-refractivity contribution is -0.137. The number of carbonyl (C=O) groups is 1. The zero-order valence-electron chi connectivity index (χ0n) is 8.09. The maximum Gasteiger partial charge on any atom is 0.304 e. The van der Waals surface area contributed by atoms with Gasteiger partial charge >= 0.3 is 5.97 Å². The summed E-state index contributed by atoms with van der Waals surface area (Å²) in [6, 6.07) is 6.52. The van der Waals surface area contributed by atoms with Crippen molar-refractivity contribution < 1.29 is 15.0 Å². The van der Waals surface area contributed by atoms with Crippen molar-refractivity contribution in [1.82, 2.24) is 0 Å². The molecule has 0 aromatic heterocycles. The van der Waals surface area contributed by atoms with E-state index in [4.69, 9.17) is 10.8 Å². The van der Waals surface area contributed by atoms with Crippen molar-refractivity contribution in [3.8, 4) is 5.75 Å². The van der Waals surface area contributed by atoms with Crippen LogP contribution in [0.25, 0.3) is 0 Å². The van der Waals surface area contributed by atoms with Crippen LogP contribution < -0.4 is 5.73 Å². The molecule has 84 valence electrons. The summed E-state index contributed by atoms with van der Waals surface area (Å²) in [5, 5.41) is 17.8. The molecule has 1 atom stereocenters. The van der Waals surface area contributed by atoms with Gasteiger partial charge in [0.1, 0.15) is 5.75 Å². The van der Waals surface area contributed by atoms with Gasteiger partial charge in [-0.1, -0.05) is 12.1 Å². The first-order chi connectivity index (χ1) is 6.63. The number of hydrogen-bond acceptors (Lipinski definition) is 3. The van der Waals surface area contributed by atoms with E-state index in [2.05, 4.69) is 0 Å². The maximum atomic E-state index is 10.5. The molecule has 0 aliphatic carbocycles. The third-order valence-corrected chi connectivity index (χ3v) is 2.05. The number of hydrogen-bond donors (Lipinski definition) is 3. The summed E-state index contributed by atoms with van der Waals surface area (Å²) in [7, 11) is 0. The van der Waals surface area contributed by atoms with E-state index >= 15 is 0 Å². The Labute approximate surface area is 94.1 Å². The summed E-state index contributed by atoms with van der Waals surface area (Å²) in [5.41, 5.74) is 6.22. The largest absolute Gasteiger partial charge is 0.508 e. The van der Waals surface area contributed by atoms with Crippen LogP contribution in [0.1, 0.15) is 17.9 Å². The average molecular weight is 232 g/mol. The van der Waals surface area contributed by atoms with Gasteiger partial charge in [-0.25, -0.2) is 0 Å². The zero-order valence-corrected chi connectivity index (χ0v) is 8.91. The molecule has 1 aromatic carbocycles. The second-order valence-electron chi connectivity index (χ2n) is 3.13. The second kappa shape index (κ2) is 6.27. The number of aromatic hydroxyl groups is 1. The van der Waals surface area contributed by atoms with E-state index in [0.29, 0.717) is 0 Å². The van der Waals surface area contributed by atoms with Crippen LogP contribution in [-0.4, -0.2) is 22.7 Å². The van der Waals surface area contributed by atoms with Crippen molar-refractivity contribution in [3.63, 3.8) is 0 Å². The monoisotopic (exact) mass is 231 g/mol. The third kappa shape index (κ3) is 4.18. The van der Waals surface area contributed by atoms with Crippen LogP contribution in [0.5, 0.6) is 5.75 Å². The summed E-state index contributed by atoms with van der Waals surface area (Å²) in [6.45, 7) is 0.260. The lowest BCUT2D eigenvalue weighted by Crippen LogP contribution is -2.16. The highest BCUT2D eigenvalue weighted by molar-refractivity contribution is 5.85. The average Bonchev–Trinajstić information content (AvgIpc) is 2.14. The standard InChI is InChI=1S/C10H13NO3.ClH/c11-6-8(5-10(13)14)7-2-1-3-9(12)4-7;/h1-4,8,12H,5-6,11H2,(H,13,14);1H. The topological polar surface area (TPSA) is 83.6 Å². The minimum absolute atomic E-state index is 0. The van der Waals surface area contributed by atoms with E-state index in [0.717, 1.165) is 5.56 Å². The fraction of sp³-hybridized carbons (Fsp3) is 0.300. The number of carboxylic acid groups (broad SMARTS) is 1. The van der Waals surface area contributed by atoms with Gasteiger partial charge in [-0.15, -0.1) is 12.4 Å². The summed E-state index contributed by atoms with van der Waals surface area (Å²) in [6.07, 6.45) is -0.0139. The number of aliphatic carboxylic acids is 1. The first kappa shape index (κ1) is 13.7.